The van der Waals surface area contributed by atoms with E-state index in [4.69, 9.17) is 10.8 Å². The monoisotopic (exact) mass is 291 g/mol. The van der Waals surface area contributed by atoms with Gasteiger partial charge in [0.05, 0.1) is 12.1 Å². The van der Waals surface area contributed by atoms with E-state index in [1.165, 1.54) is 11.3 Å². The summed E-state index contributed by atoms with van der Waals surface area (Å²) < 4.78 is 0. The lowest BCUT2D eigenvalue weighted by molar-refractivity contribution is -0.114. The number of carbonyl (C=O) groups is 2. The average Bonchev–Trinajstić information content (AvgIpc) is 2.86. The fourth-order valence-corrected chi connectivity index (χ4v) is 2.50. The molecule has 0 aliphatic rings. The molecule has 7 heteroatoms. The number of thiazole rings is 1. The summed E-state index contributed by atoms with van der Waals surface area (Å²) in [5.74, 6) is -1.24. The molecule has 0 atom stereocenters. The predicted octanol–water partition coefficient (Wildman–Crippen LogP) is 1.33. The number of hydrogen-bond acceptors (Lipinski definition) is 5. The second-order valence-corrected chi connectivity index (χ2v) is 5.18. The molecule has 20 heavy (non-hydrogen) atoms. The van der Waals surface area contributed by atoms with E-state index in [0.29, 0.717) is 11.6 Å². The van der Waals surface area contributed by atoms with Gasteiger partial charge < -0.3 is 16.2 Å². The molecule has 4 N–H and O–H groups in total. The Morgan fingerprint density at radius 1 is 1.40 bits per heavy atom. The van der Waals surface area contributed by atoms with Crippen molar-refractivity contribution in [3.8, 4) is 0 Å². The number of nitrogens with two attached hydrogens (primary N) is 1. The zero-order valence-electron chi connectivity index (χ0n) is 10.5. The van der Waals surface area contributed by atoms with E-state index in [1.807, 2.05) is 6.07 Å². The maximum Gasteiger partial charge on any atom is 0.335 e. The van der Waals surface area contributed by atoms with Gasteiger partial charge in [0.25, 0.3) is 0 Å². The number of carboxylic acid groups (broad SMARTS) is 1. The number of aromatic nitrogens is 1. The lowest BCUT2D eigenvalue weighted by atomic mass is 10.1. The van der Waals surface area contributed by atoms with E-state index >= 15 is 0 Å². The highest BCUT2D eigenvalue weighted by molar-refractivity contribution is 7.15. The van der Waals surface area contributed by atoms with Gasteiger partial charge >= 0.3 is 5.97 Å². The molecule has 1 heterocycles. The van der Waals surface area contributed by atoms with Gasteiger partial charge in [0.15, 0.2) is 5.13 Å². The van der Waals surface area contributed by atoms with E-state index in [9.17, 15) is 9.59 Å². The number of aromatic carboxylic acids is 1. The highest BCUT2D eigenvalue weighted by atomic mass is 32.1. The van der Waals surface area contributed by atoms with Gasteiger partial charge in [-0.25, -0.2) is 9.78 Å². The average molecular weight is 291 g/mol. The molecule has 2 aromatic rings. The highest BCUT2D eigenvalue weighted by Gasteiger charge is 2.07. The van der Waals surface area contributed by atoms with Crippen LogP contribution in [0, 0.1) is 0 Å². The first-order valence-electron chi connectivity index (χ1n) is 5.85. The fraction of sp³-hybridized carbons (Fsp3) is 0.154. The molecular formula is C13H13N3O3S. The summed E-state index contributed by atoms with van der Waals surface area (Å²) in [7, 11) is 0. The topological polar surface area (TPSA) is 105 Å². The number of rotatable bonds is 5. The Morgan fingerprint density at radius 2 is 2.20 bits per heavy atom. The molecular weight excluding hydrogens is 278 g/mol. The first-order chi connectivity index (χ1) is 9.58. The molecule has 2 rings (SSSR count). The number of nitrogens with zero attached hydrogens (tertiary/aromatic N) is 1. The summed E-state index contributed by atoms with van der Waals surface area (Å²) in [4.78, 5) is 27.0. The molecule has 104 valence electrons. The van der Waals surface area contributed by atoms with Crippen molar-refractivity contribution in [3.05, 3.63) is 46.5 Å². The Bertz CT molecular complexity index is 639. The quantitative estimate of drug-likeness (QED) is 0.770. The third-order valence-electron chi connectivity index (χ3n) is 2.54. The van der Waals surface area contributed by atoms with Crippen LogP contribution in [-0.2, 0) is 11.2 Å². The summed E-state index contributed by atoms with van der Waals surface area (Å²) in [6, 6.07) is 6.73. The zero-order chi connectivity index (χ0) is 14.5. The highest BCUT2D eigenvalue weighted by Crippen LogP contribution is 2.21. The molecule has 0 unspecified atom stereocenters. The molecule has 6 nitrogen and oxygen atoms in total. The van der Waals surface area contributed by atoms with Gasteiger partial charge in [0.1, 0.15) is 0 Å². The lowest BCUT2D eigenvalue weighted by Gasteiger charge is -2.00. The SMILES string of the molecule is NCC(=O)Nc1ncc(Cc2cccc(C(=O)O)c2)s1. The maximum atomic E-state index is 11.1. The second kappa shape index (κ2) is 6.27. The van der Waals surface area contributed by atoms with Crippen LogP contribution in [0.2, 0.25) is 0 Å². The van der Waals surface area contributed by atoms with Crippen LogP contribution in [0.1, 0.15) is 20.8 Å². The normalized spacial score (nSPS) is 10.2. The van der Waals surface area contributed by atoms with Crippen molar-refractivity contribution in [3.63, 3.8) is 0 Å². The van der Waals surface area contributed by atoms with Crippen LogP contribution >= 0.6 is 11.3 Å². The van der Waals surface area contributed by atoms with Gasteiger partial charge in [-0.2, -0.15) is 0 Å². The summed E-state index contributed by atoms with van der Waals surface area (Å²) in [6.07, 6.45) is 2.22. The van der Waals surface area contributed by atoms with Gasteiger partial charge in [-0.3, -0.25) is 4.79 Å². The Balaban J connectivity index is 2.08. The second-order valence-electron chi connectivity index (χ2n) is 4.07. The molecule has 1 aromatic heterocycles. The molecule has 0 radical (unpaired) electrons. The van der Waals surface area contributed by atoms with Crippen LogP contribution in [-0.4, -0.2) is 28.5 Å². The van der Waals surface area contributed by atoms with Gasteiger partial charge in [-0.15, -0.1) is 11.3 Å². The van der Waals surface area contributed by atoms with Crippen molar-refractivity contribution in [2.45, 2.75) is 6.42 Å². The molecule has 0 aliphatic heterocycles. The molecule has 0 saturated carbocycles. The van der Waals surface area contributed by atoms with Crippen molar-refractivity contribution >= 4 is 28.3 Å². The fourth-order valence-electron chi connectivity index (χ4n) is 1.63. The molecule has 1 aromatic carbocycles. The van der Waals surface area contributed by atoms with Gasteiger partial charge in [-0.1, -0.05) is 12.1 Å². The van der Waals surface area contributed by atoms with Crippen molar-refractivity contribution in [1.29, 1.82) is 0 Å². The number of amides is 1. The zero-order valence-corrected chi connectivity index (χ0v) is 11.3. The largest absolute Gasteiger partial charge is 0.478 e. The van der Waals surface area contributed by atoms with Gasteiger partial charge in [0, 0.05) is 17.5 Å². The number of carboxylic acids is 1. The summed E-state index contributed by atoms with van der Waals surface area (Å²) in [5.41, 5.74) is 6.34. The molecule has 0 saturated heterocycles. The van der Waals surface area contributed by atoms with Crippen LogP contribution in [0.5, 0.6) is 0 Å². The van der Waals surface area contributed by atoms with E-state index in [1.54, 1.807) is 24.4 Å². The first kappa shape index (κ1) is 14.2. The minimum absolute atomic E-state index is 0.0877. The van der Waals surface area contributed by atoms with Crippen LogP contribution in [0.4, 0.5) is 5.13 Å². The van der Waals surface area contributed by atoms with Gasteiger partial charge in [-0.05, 0) is 17.7 Å². The van der Waals surface area contributed by atoms with E-state index in [0.717, 1.165) is 10.4 Å². The molecule has 1 amide bonds. The van der Waals surface area contributed by atoms with Crippen molar-refractivity contribution in [2.24, 2.45) is 5.73 Å². The Hall–Kier alpha value is -2.25. The summed E-state index contributed by atoms with van der Waals surface area (Å²) >= 11 is 1.34. The molecule has 0 fully saturated rings. The Morgan fingerprint density at radius 3 is 2.90 bits per heavy atom. The smallest absolute Gasteiger partial charge is 0.335 e. The van der Waals surface area contributed by atoms with Crippen LogP contribution in [0.3, 0.4) is 0 Å². The van der Waals surface area contributed by atoms with Crippen LogP contribution in [0.15, 0.2) is 30.5 Å². The van der Waals surface area contributed by atoms with E-state index in [2.05, 4.69) is 10.3 Å². The third-order valence-corrected chi connectivity index (χ3v) is 3.45. The Labute approximate surface area is 119 Å². The number of nitrogens with one attached hydrogen (secondary N) is 1. The Kier molecular flexibility index (Phi) is 4.44. The third kappa shape index (κ3) is 3.62. The lowest BCUT2D eigenvalue weighted by Crippen LogP contribution is -2.21. The van der Waals surface area contributed by atoms with Crippen molar-refractivity contribution < 1.29 is 14.7 Å². The number of benzene rings is 1. The van der Waals surface area contributed by atoms with Crippen LogP contribution < -0.4 is 11.1 Å². The minimum atomic E-state index is -0.952. The van der Waals surface area contributed by atoms with Gasteiger partial charge in [0.2, 0.25) is 5.91 Å². The first-order valence-corrected chi connectivity index (χ1v) is 6.67. The van der Waals surface area contributed by atoms with E-state index in [-0.39, 0.29) is 18.0 Å². The summed E-state index contributed by atoms with van der Waals surface area (Å²) in [6.45, 7) is -0.0877. The van der Waals surface area contributed by atoms with Crippen LogP contribution in [0.25, 0.3) is 0 Å². The van der Waals surface area contributed by atoms with Crippen molar-refractivity contribution in [2.75, 3.05) is 11.9 Å². The minimum Gasteiger partial charge on any atom is -0.478 e. The molecule has 0 spiro atoms. The number of hydrogen-bond donors (Lipinski definition) is 3. The summed E-state index contributed by atoms with van der Waals surface area (Å²) in [5, 5.41) is 12.0. The molecule has 0 bridgehead atoms. The number of carbonyl (C=O) groups excluding carboxylic acids is 1. The van der Waals surface area contributed by atoms with E-state index < -0.39 is 5.97 Å². The maximum absolute atomic E-state index is 11.1. The van der Waals surface area contributed by atoms with Crippen molar-refractivity contribution in [1.82, 2.24) is 4.98 Å². The number of anilines is 1. The predicted molar refractivity (Wildman–Crippen MR) is 76.0 cm³/mol. The standard InChI is InChI=1S/C13H13N3O3S/c14-6-11(17)16-13-15-7-10(20-13)5-8-2-1-3-9(4-8)12(18)19/h1-4,7H,5-6,14H2,(H,18,19)(H,15,16,17). The molecule has 0 aliphatic carbocycles.